The number of aromatic nitrogens is 3. The molecule has 1 fully saturated rings. The van der Waals surface area contributed by atoms with Gasteiger partial charge in [0.1, 0.15) is 0 Å². The molecule has 3 aromatic rings. The predicted molar refractivity (Wildman–Crippen MR) is 125 cm³/mol. The molecule has 0 amide bonds. The first-order valence-corrected chi connectivity index (χ1v) is 11.0. The molecule has 0 radical (unpaired) electrons. The Morgan fingerprint density at radius 3 is 2.59 bits per heavy atom. The van der Waals surface area contributed by atoms with Crippen LogP contribution in [0, 0.1) is 16.9 Å². The fourth-order valence-electron chi connectivity index (χ4n) is 4.36. The van der Waals surface area contributed by atoms with Crippen LogP contribution in [0.2, 0.25) is 0 Å². The van der Waals surface area contributed by atoms with Crippen LogP contribution in [0.25, 0.3) is 5.65 Å². The smallest absolute Gasteiger partial charge is 0.273 e. The molecule has 1 saturated heterocycles. The largest absolute Gasteiger partial charge is 0.368 e. The summed E-state index contributed by atoms with van der Waals surface area (Å²) in [6.45, 7) is 8.28. The molecule has 0 saturated carbocycles. The van der Waals surface area contributed by atoms with Crippen molar-refractivity contribution >= 4 is 17.2 Å². The zero-order valence-corrected chi connectivity index (χ0v) is 18.9. The second kappa shape index (κ2) is 9.04. The van der Waals surface area contributed by atoms with Crippen LogP contribution in [0.3, 0.4) is 0 Å². The van der Waals surface area contributed by atoms with Gasteiger partial charge in [-0.15, -0.1) is 5.11 Å². The number of amidine groups is 1. The maximum absolute atomic E-state index is 12.4. The first-order chi connectivity index (χ1) is 15.4. The zero-order valence-electron chi connectivity index (χ0n) is 18.9. The van der Waals surface area contributed by atoms with Gasteiger partial charge in [0.05, 0.1) is 5.69 Å². The van der Waals surface area contributed by atoms with E-state index in [0.29, 0.717) is 23.7 Å². The summed E-state index contributed by atoms with van der Waals surface area (Å²) in [6, 6.07) is 9.58. The van der Waals surface area contributed by atoms with Gasteiger partial charge in [-0.1, -0.05) is 19.9 Å². The number of piperazine rings is 1. The minimum atomic E-state index is -0.0691. The molecule has 168 valence electrons. The van der Waals surface area contributed by atoms with E-state index in [9.17, 15) is 4.79 Å². The van der Waals surface area contributed by atoms with Crippen LogP contribution in [0.4, 0.5) is 5.69 Å². The first kappa shape index (κ1) is 21.9. The Hall–Kier alpha value is -3.33. The molecule has 32 heavy (non-hydrogen) atoms. The Balaban J connectivity index is 1.49. The summed E-state index contributed by atoms with van der Waals surface area (Å²) in [4.78, 5) is 21.6. The number of hydrogen-bond donors (Lipinski definition) is 2. The average molecular weight is 435 g/mol. The van der Waals surface area contributed by atoms with Crippen molar-refractivity contribution in [2.45, 2.75) is 26.8 Å². The Kier molecular flexibility index (Phi) is 6.18. The van der Waals surface area contributed by atoms with Crippen LogP contribution in [0.15, 0.2) is 46.4 Å². The topological polar surface area (TPSA) is 106 Å². The second-order valence-corrected chi connectivity index (χ2v) is 8.82. The number of nitrogens with zero attached hydrogens (tertiary/aromatic N) is 6. The molecule has 2 N–H and O–H groups in total. The third kappa shape index (κ3) is 4.47. The normalized spacial score (nSPS) is 14.9. The van der Waals surface area contributed by atoms with Crippen molar-refractivity contribution in [2.24, 2.45) is 18.1 Å². The molecule has 3 heterocycles. The summed E-state index contributed by atoms with van der Waals surface area (Å²) in [5, 5.41) is 11.5. The predicted octanol–water partition coefficient (Wildman–Crippen LogP) is 2.91. The number of benzene rings is 1. The number of aryl methyl sites for hydroxylation is 1. The summed E-state index contributed by atoms with van der Waals surface area (Å²) in [6.07, 6.45) is 2.81. The first-order valence-electron chi connectivity index (χ1n) is 11.0. The second-order valence-electron chi connectivity index (χ2n) is 8.82. The lowest BCUT2D eigenvalue weighted by molar-refractivity contribution is 0.247. The summed E-state index contributed by atoms with van der Waals surface area (Å²) in [7, 11) is 1.83. The van der Waals surface area contributed by atoms with Gasteiger partial charge in [0.2, 0.25) is 0 Å². The quantitative estimate of drug-likeness (QED) is 0.353. The standard InChI is InChI=1S/C23H30N8O/c1-16(2)12-17-4-5-19(23(24)27-25)20(13-17)30-10-8-29(9-11-30)15-18-14-22(32)31-21(26-18)6-7-28(31)3/h4-7,13-14,16,24-25H,8-12,15H2,1-3H3. The molecular formula is C23H30N8O. The molecule has 9 heteroatoms. The van der Waals surface area contributed by atoms with Gasteiger partial charge in [-0.05, 0) is 30.0 Å². The van der Waals surface area contributed by atoms with Gasteiger partial charge in [0, 0.05) is 69.4 Å². The molecule has 4 rings (SSSR count). The number of rotatable bonds is 6. The van der Waals surface area contributed by atoms with Crippen LogP contribution >= 0.6 is 0 Å². The van der Waals surface area contributed by atoms with Crippen molar-refractivity contribution in [1.29, 1.82) is 10.9 Å². The maximum Gasteiger partial charge on any atom is 0.273 e. The molecule has 1 aromatic carbocycles. The Morgan fingerprint density at radius 2 is 1.91 bits per heavy atom. The highest BCUT2D eigenvalue weighted by Crippen LogP contribution is 2.26. The third-order valence-electron chi connectivity index (χ3n) is 5.90. The summed E-state index contributed by atoms with van der Waals surface area (Å²) in [5.41, 5.74) is 11.6. The van der Waals surface area contributed by atoms with Gasteiger partial charge in [-0.25, -0.2) is 10.5 Å². The van der Waals surface area contributed by atoms with Crippen LogP contribution < -0.4 is 10.5 Å². The molecule has 0 atom stereocenters. The summed E-state index contributed by atoms with van der Waals surface area (Å²) in [5.74, 6) is 0.531. The van der Waals surface area contributed by atoms with E-state index in [1.54, 1.807) is 15.3 Å². The highest BCUT2D eigenvalue weighted by atomic mass is 16.1. The molecule has 9 nitrogen and oxygen atoms in total. The van der Waals surface area contributed by atoms with Gasteiger partial charge >= 0.3 is 0 Å². The minimum Gasteiger partial charge on any atom is -0.368 e. The number of nitrogens with one attached hydrogen (secondary N) is 2. The minimum absolute atomic E-state index is 0.0145. The molecule has 1 aliphatic heterocycles. The highest BCUT2D eigenvalue weighted by Gasteiger charge is 2.22. The van der Waals surface area contributed by atoms with Gasteiger partial charge in [0.25, 0.3) is 5.56 Å². The summed E-state index contributed by atoms with van der Waals surface area (Å²) >= 11 is 0. The number of hydrogen-bond acceptors (Lipinski definition) is 6. The van der Waals surface area contributed by atoms with Gasteiger partial charge in [-0.2, -0.15) is 4.52 Å². The third-order valence-corrected chi connectivity index (χ3v) is 5.90. The van der Waals surface area contributed by atoms with Crippen molar-refractivity contribution in [3.8, 4) is 0 Å². The van der Waals surface area contributed by atoms with E-state index in [4.69, 9.17) is 10.9 Å². The van der Waals surface area contributed by atoms with Gasteiger partial charge in [-0.3, -0.25) is 19.8 Å². The lowest BCUT2D eigenvalue weighted by Crippen LogP contribution is -2.46. The zero-order chi connectivity index (χ0) is 22.8. The van der Waals surface area contributed by atoms with Crippen LogP contribution in [-0.2, 0) is 20.0 Å². The number of anilines is 1. The van der Waals surface area contributed by atoms with E-state index in [0.717, 1.165) is 44.0 Å². The average Bonchev–Trinajstić information content (AvgIpc) is 3.14. The maximum atomic E-state index is 12.4. The molecule has 0 spiro atoms. The molecule has 1 aliphatic rings. The fraction of sp³-hybridized carbons (Fsp3) is 0.435. The Morgan fingerprint density at radius 1 is 1.16 bits per heavy atom. The summed E-state index contributed by atoms with van der Waals surface area (Å²) < 4.78 is 3.29. The van der Waals surface area contributed by atoms with Crippen molar-refractivity contribution in [3.63, 3.8) is 0 Å². The molecule has 0 aliphatic carbocycles. The highest BCUT2D eigenvalue weighted by molar-refractivity contribution is 6.01. The van der Waals surface area contributed by atoms with E-state index in [1.807, 2.05) is 31.4 Å². The van der Waals surface area contributed by atoms with Crippen LogP contribution in [-0.4, -0.2) is 51.1 Å². The molecule has 0 unspecified atom stereocenters. The van der Waals surface area contributed by atoms with E-state index >= 15 is 0 Å². The van der Waals surface area contributed by atoms with Gasteiger partial charge < -0.3 is 4.90 Å². The Labute approximate surface area is 187 Å². The van der Waals surface area contributed by atoms with E-state index in [2.05, 4.69) is 39.8 Å². The lowest BCUT2D eigenvalue weighted by atomic mass is 9.99. The van der Waals surface area contributed by atoms with Crippen LogP contribution in [0.1, 0.15) is 30.7 Å². The van der Waals surface area contributed by atoms with Gasteiger partial charge in [0.15, 0.2) is 11.5 Å². The van der Waals surface area contributed by atoms with E-state index in [-0.39, 0.29) is 11.4 Å². The van der Waals surface area contributed by atoms with Crippen molar-refractivity contribution in [2.75, 3.05) is 31.1 Å². The SMILES string of the molecule is CC(C)Cc1ccc(C(=N)N=N)c(N2CCN(Cc3cc(=O)n4c(ccn4C)n3)CC2)c1. The lowest BCUT2D eigenvalue weighted by Gasteiger charge is -2.37. The molecule has 0 bridgehead atoms. The number of fused-ring (bicyclic) bond motifs is 1. The monoisotopic (exact) mass is 434 g/mol. The fourth-order valence-corrected chi connectivity index (χ4v) is 4.36. The van der Waals surface area contributed by atoms with Crippen LogP contribution in [0.5, 0.6) is 0 Å². The Bertz CT molecular complexity index is 1200. The molecular weight excluding hydrogens is 404 g/mol. The molecule has 2 aromatic heterocycles. The van der Waals surface area contributed by atoms with E-state index in [1.165, 1.54) is 5.56 Å². The van der Waals surface area contributed by atoms with Crippen molar-refractivity contribution in [1.82, 2.24) is 19.1 Å². The van der Waals surface area contributed by atoms with Crippen molar-refractivity contribution < 1.29 is 0 Å². The van der Waals surface area contributed by atoms with Crippen molar-refractivity contribution in [3.05, 3.63) is 63.7 Å². The van der Waals surface area contributed by atoms with E-state index < -0.39 is 0 Å².